The van der Waals surface area contributed by atoms with Crippen LogP contribution >= 0.6 is 0 Å². The van der Waals surface area contributed by atoms with Crippen molar-refractivity contribution in [3.63, 3.8) is 0 Å². The van der Waals surface area contributed by atoms with Crippen molar-refractivity contribution in [1.82, 2.24) is 15.3 Å². The number of rotatable bonds is 6. The Morgan fingerprint density at radius 1 is 1.48 bits per heavy atom. The van der Waals surface area contributed by atoms with Crippen molar-refractivity contribution in [1.29, 1.82) is 0 Å². The fraction of sp³-hybridized carbons (Fsp3) is 0.357. The van der Waals surface area contributed by atoms with Crippen molar-refractivity contribution in [2.24, 2.45) is 0 Å². The van der Waals surface area contributed by atoms with Gasteiger partial charge in [-0.1, -0.05) is 12.1 Å². The van der Waals surface area contributed by atoms with Crippen molar-refractivity contribution in [2.45, 2.75) is 26.5 Å². The van der Waals surface area contributed by atoms with E-state index in [4.69, 9.17) is 9.84 Å². The van der Waals surface area contributed by atoms with E-state index in [1.807, 2.05) is 25.1 Å². The minimum absolute atomic E-state index is 0.156. The zero-order valence-electron chi connectivity index (χ0n) is 11.8. The van der Waals surface area contributed by atoms with Crippen molar-refractivity contribution >= 4 is 22.9 Å². The minimum Gasteiger partial charge on any atom is -0.480 e. The van der Waals surface area contributed by atoms with Crippen LogP contribution in [0.2, 0.25) is 0 Å². The molecule has 2 aromatic rings. The molecular formula is C14H17N3O4. The highest BCUT2D eigenvalue weighted by atomic mass is 16.5. The van der Waals surface area contributed by atoms with Gasteiger partial charge in [0.2, 0.25) is 5.91 Å². The van der Waals surface area contributed by atoms with Gasteiger partial charge in [0.1, 0.15) is 25.1 Å². The molecule has 0 bridgehead atoms. The number of H-pyrrole nitrogens is 1. The summed E-state index contributed by atoms with van der Waals surface area (Å²) in [6, 6.07) is 4.88. The zero-order valence-corrected chi connectivity index (χ0v) is 11.8. The number of carbonyl (C=O) groups is 2. The second kappa shape index (κ2) is 6.36. The number of carbonyl (C=O) groups excluding carboxylic acids is 1. The summed E-state index contributed by atoms with van der Waals surface area (Å²) in [6.45, 7) is 3.30. The van der Waals surface area contributed by atoms with Gasteiger partial charge < -0.3 is 20.1 Å². The van der Waals surface area contributed by atoms with Gasteiger partial charge in [-0.2, -0.15) is 0 Å². The second-order valence-corrected chi connectivity index (χ2v) is 4.77. The van der Waals surface area contributed by atoms with Gasteiger partial charge in [-0.3, -0.25) is 9.59 Å². The Bertz CT molecular complexity index is 665. The van der Waals surface area contributed by atoms with Gasteiger partial charge in [0.25, 0.3) is 0 Å². The number of imidazole rings is 1. The SMILES string of the molecule is Cc1cccc2[nH]c(COCC(=O)N[C@H](C)C(=O)O)nc12. The molecule has 1 atom stereocenters. The van der Waals surface area contributed by atoms with E-state index in [1.165, 1.54) is 6.92 Å². The third kappa shape index (κ3) is 3.79. The molecule has 1 aromatic heterocycles. The van der Waals surface area contributed by atoms with E-state index in [0.717, 1.165) is 16.6 Å². The molecule has 0 fully saturated rings. The van der Waals surface area contributed by atoms with Gasteiger partial charge in [0.15, 0.2) is 0 Å². The smallest absolute Gasteiger partial charge is 0.325 e. The molecule has 0 radical (unpaired) electrons. The summed E-state index contributed by atoms with van der Waals surface area (Å²) >= 11 is 0. The fourth-order valence-corrected chi connectivity index (χ4v) is 1.88. The minimum atomic E-state index is -1.09. The van der Waals surface area contributed by atoms with Gasteiger partial charge >= 0.3 is 5.97 Å². The van der Waals surface area contributed by atoms with Gasteiger partial charge in [-0.05, 0) is 25.5 Å². The van der Waals surface area contributed by atoms with Crippen LogP contribution in [0.3, 0.4) is 0 Å². The first-order valence-electron chi connectivity index (χ1n) is 6.51. The number of aromatic amines is 1. The average Bonchev–Trinajstić information content (AvgIpc) is 2.83. The third-order valence-electron chi connectivity index (χ3n) is 2.98. The molecular weight excluding hydrogens is 274 g/mol. The number of fused-ring (bicyclic) bond motifs is 1. The highest BCUT2D eigenvalue weighted by Crippen LogP contribution is 2.15. The number of carboxylic acid groups (broad SMARTS) is 1. The van der Waals surface area contributed by atoms with E-state index in [2.05, 4.69) is 15.3 Å². The normalized spacial score (nSPS) is 12.3. The Kier molecular flexibility index (Phi) is 4.54. The number of aliphatic carboxylic acids is 1. The van der Waals surface area contributed by atoms with Crippen LogP contribution in [0, 0.1) is 6.92 Å². The summed E-state index contributed by atoms with van der Waals surface area (Å²) in [4.78, 5) is 29.5. The highest BCUT2D eigenvalue weighted by Gasteiger charge is 2.14. The molecule has 0 aliphatic rings. The lowest BCUT2D eigenvalue weighted by molar-refractivity contribution is -0.142. The maximum absolute atomic E-state index is 11.4. The predicted molar refractivity (Wildman–Crippen MR) is 75.7 cm³/mol. The zero-order chi connectivity index (χ0) is 15.4. The summed E-state index contributed by atoms with van der Waals surface area (Å²) in [7, 11) is 0. The number of nitrogens with zero attached hydrogens (tertiary/aromatic N) is 1. The number of ether oxygens (including phenoxy) is 1. The first kappa shape index (κ1) is 15.0. The number of carboxylic acids is 1. The lowest BCUT2D eigenvalue weighted by Crippen LogP contribution is -2.40. The number of benzene rings is 1. The number of hydrogen-bond donors (Lipinski definition) is 3. The van der Waals surface area contributed by atoms with Crippen LogP contribution in [0.4, 0.5) is 0 Å². The quantitative estimate of drug-likeness (QED) is 0.736. The largest absolute Gasteiger partial charge is 0.480 e. The Balaban J connectivity index is 1.86. The number of nitrogens with one attached hydrogen (secondary N) is 2. The monoisotopic (exact) mass is 291 g/mol. The lowest BCUT2D eigenvalue weighted by atomic mass is 10.2. The molecule has 1 amide bonds. The Hall–Kier alpha value is -2.41. The number of hydrogen-bond acceptors (Lipinski definition) is 4. The molecule has 7 nitrogen and oxygen atoms in total. The van der Waals surface area contributed by atoms with Crippen molar-refractivity contribution in [3.05, 3.63) is 29.6 Å². The van der Waals surface area contributed by atoms with Gasteiger partial charge in [0, 0.05) is 0 Å². The Morgan fingerprint density at radius 3 is 2.90 bits per heavy atom. The maximum atomic E-state index is 11.4. The molecule has 21 heavy (non-hydrogen) atoms. The van der Waals surface area contributed by atoms with E-state index >= 15 is 0 Å². The fourth-order valence-electron chi connectivity index (χ4n) is 1.88. The molecule has 2 rings (SSSR count). The van der Waals surface area contributed by atoms with Crippen LogP contribution in [0.1, 0.15) is 18.3 Å². The van der Waals surface area contributed by atoms with Crippen LogP contribution in [0.5, 0.6) is 0 Å². The molecule has 112 valence electrons. The molecule has 7 heteroatoms. The number of aromatic nitrogens is 2. The van der Waals surface area contributed by atoms with Crippen LogP contribution in [0.25, 0.3) is 11.0 Å². The summed E-state index contributed by atoms with van der Waals surface area (Å²) in [5, 5.41) is 11.0. The summed E-state index contributed by atoms with van der Waals surface area (Å²) in [5.74, 6) is -0.938. The molecule has 0 unspecified atom stereocenters. The standard InChI is InChI=1S/C14H17N3O4/c1-8-4-3-5-10-13(8)17-11(16-10)6-21-7-12(18)15-9(2)14(19)20/h3-5,9H,6-7H2,1-2H3,(H,15,18)(H,16,17)(H,19,20)/t9-/m1/s1. The molecule has 0 saturated carbocycles. The Labute approximate surface area is 121 Å². The number of amides is 1. The number of para-hydroxylation sites is 1. The van der Waals surface area contributed by atoms with Crippen LogP contribution in [0.15, 0.2) is 18.2 Å². The van der Waals surface area contributed by atoms with E-state index in [1.54, 1.807) is 0 Å². The van der Waals surface area contributed by atoms with Gasteiger partial charge in [-0.25, -0.2) is 4.98 Å². The predicted octanol–water partition coefficient (Wildman–Crippen LogP) is 0.977. The van der Waals surface area contributed by atoms with E-state index in [0.29, 0.717) is 5.82 Å². The second-order valence-electron chi connectivity index (χ2n) is 4.77. The molecule has 0 spiro atoms. The average molecular weight is 291 g/mol. The molecule has 0 saturated heterocycles. The van der Waals surface area contributed by atoms with E-state index < -0.39 is 17.9 Å². The topological polar surface area (TPSA) is 104 Å². The first-order valence-corrected chi connectivity index (χ1v) is 6.51. The molecule has 1 aromatic carbocycles. The van der Waals surface area contributed by atoms with Crippen LogP contribution in [-0.2, 0) is 20.9 Å². The van der Waals surface area contributed by atoms with Crippen LogP contribution in [-0.4, -0.2) is 39.6 Å². The summed E-state index contributed by atoms with van der Waals surface area (Å²) < 4.78 is 5.23. The molecule has 0 aliphatic carbocycles. The molecule has 3 N–H and O–H groups in total. The number of aryl methyl sites for hydroxylation is 1. The van der Waals surface area contributed by atoms with Crippen molar-refractivity contribution in [3.8, 4) is 0 Å². The first-order chi connectivity index (χ1) is 9.97. The lowest BCUT2D eigenvalue weighted by Gasteiger charge is -2.08. The highest BCUT2D eigenvalue weighted by molar-refractivity contribution is 5.83. The van der Waals surface area contributed by atoms with Gasteiger partial charge in [0.05, 0.1) is 11.0 Å². The third-order valence-corrected chi connectivity index (χ3v) is 2.98. The molecule has 0 aliphatic heterocycles. The van der Waals surface area contributed by atoms with Crippen molar-refractivity contribution in [2.75, 3.05) is 6.61 Å². The molecule has 1 heterocycles. The van der Waals surface area contributed by atoms with E-state index in [9.17, 15) is 9.59 Å². The van der Waals surface area contributed by atoms with E-state index in [-0.39, 0.29) is 13.2 Å². The summed E-state index contributed by atoms with van der Waals surface area (Å²) in [5.41, 5.74) is 2.85. The van der Waals surface area contributed by atoms with Crippen molar-refractivity contribution < 1.29 is 19.4 Å². The maximum Gasteiger partial charge on any atom is 0.325 e. The van der Waals surface area contributed by atoms with Crippen LogP contribution < -0.4 is 5.32 Å². The summed E-state index contributed by atoms with van der Waals surface area (Å²) in [6.07, 6.45) is 0. The Morgan fingerprint density at radius 2 is 2.24 bits per heavy atom. The van der Waals surface area contributed by atoms with Gasteiger partial charge in [-0.15, -0.1) is 0 Å².